The summed E-state index contributed by atoms with van der Waals surface area (Å²) in [6.45, 7) is 5.52. The lowest BCUT2D eigenvalue weighted by Crippen LogP contribution is -2.23. The molecule has 0 bridgehead atoms. The molecule has 0 aromatic heterocycles. The predicted molar refractivity (Wildman–Crippen MR) is 95.1 cm³/mol. The van der Waals surface area contributed by atoms with Gasteiger partial charge in [0.25, 0.3) is 0 Å². The molecule has 0 saturated carbocycles. The third kappa shape index (κ3) is 4.90. The fraction of sp³-hybridized carbons (Fsp3) is 0.211. The van der Waals surface area contributed by atoms with Crippen molar-refractivity contribution < 1.29 is 9.66 Å². The maximum Gasteiger partial charge on any atom is 0.311 e. The zero-order valence-corrected chi connectivity index (χ0v) is 14.0. The molecule has 25 heavy (non-hydrogen) atoms. The SMILES string of the molecule is C=CCN(Cc1cccc(C#N)c1)Cc1ccc(OC)c([N+](=O)[O-])c1. The van der Waals surface area contributed by atoms with E-state index in [1.54, 1.807) is 18.2 Å². The van der Waals surface area contributed by atoms with Gasteiger partial charge in [0.2, 0.25) is 0 Å². The number of methoxy groups -OCH3 is 1. The van der Waals surface area contributed by atoms with E-state index in [-0.39, 0.29) is 11.4 Å². The molecule has 6 nitrogen and oxygen atoms in total. The van der Waals surface area contributed by atoms with Crippen LogP contribution < -0.4 is 4.74 Å². The molecule has 2 aromatic rings. The van der Waals surface area contributed by atoms with Crippen LogP contribution in [0.4, 0.5) is 5.69 Å². The van der Waals surface area contributed by atoms with Crippen LogP contribution in [0.3, 0.4) is 0 Å². The van der Waals surface area contributed by atoms with Gasteiger partial charge in [0.05, 0.1) is 23.7 Å². The van der Waals surface area contributed by atoms with Crippen molar-refractivity contribution in [3.8, 4) is 11.8 Å². The highest BCUT2D eigenvalue weighted by molar-refractivity contribution is 5.48. The molecular formula is C19H19N3O3. The number of hydrogen-bond acceptors (Lipinski definition) is 5. The molecule has 0 radical (unpaired) electrons. The highest BCUT2D eigenvalue weighted by Gasteiger charge is 2.16. The zero-order valence-electron chi connectivity index (χ0n) is 14.0. The molecule has 0 unspecified atom stereocenters. The molecule has 128 valence electrons. The highest BCUT2D eigenvalue weighted by Crippen LogP contribution is 2.28. The Bertz CT molecular complexity index is 812. The molecule has 0 heterocycles. The van der Waals surface area contributed by atoms with Gasteiger partial charge in [-0.05, 0) is 29.3 Å². The van der Waals surface area contributed by atoms with Crippen LogP contribution in [0.5, 0.6) is 5.75 Å². The number of hydrogen-bond donors (Lipinski definition) is 0. The summed E-state index contributed by atoms with van der Waals surface area (Å²) in [5, 5.41) is 20.2. The van der Waals surface area contributed by atoms with Crippen LogP contribution in [-0.2, 0) is 13.1 Å². The van der Waals surface area contributed by atoms with E-state index in [2.05, 4.69) is 17.5 Å². The number of nitro benzene ring substituents is 1. The number of rotatable bonds is 8. The Kier molecular flexibility index (Phi) is 6.26. The summed E-state index contributed by atoms with van der Waals surface area (Å²) in [6.07, 6.45) is 1.78. The lowest BCUT2D eigenvalue weighted by molar-refractivity contribution is -0.385. The fourth-order valence-corrected chi connectivity index (χ4v) is 2.60. The van der Waals surface area contributed by atoms with Crippen molar-refractivity contribution in [3.63, 3.8) is 0 Å². The van der Waals surface area contributed by atoms with Gasteiger partial charge < -0.3 is 4.74 Å². The third-order valence-corrected chi connectivity index (χ3v) is 3.70. The van der Waals surface area contributed by atoms with Crippen LogP contribution >= 0.6 is 0 Å². The Balaban J connectivity index is 2.21. The first-order valence-corrected chi connectivity index (χ1v) is 7.71. The molecule has 2 rings (SSSR count). The van der Waals surface area contributed by atoms with Crippen LogP contribution in [0.1, 0.15) is 16.7 Å². The second-order valence-electron chi connectivity index (χ2n) is 5.53. The molecule has 0 atom stereocenters. The molecule has 0 fully saturated rings. The van der Waals surface area contributed by atoms with Crippen LogP contribution in [-0.4, -0.2) is 23.5 Å². The Hall–Kier alpha value is -3.17. The largest absolute Gasteiger partial charge is 0.490 e. The fourth-order valence-electron chi connectivity index (χ4n) is 2.60. The molecule has 0 aliphatic rings. The summed E-state index contributed by atoms with van der Waals surface area (Å²) in [6, 6.07) is 14.5. The lowest BCUT2D eigenvalue weighted by atomic mass is 10.1. The van der Waals surface area contributed by atoms with Crippen LogP contribution in [0.15, 0.2) is 55.1 Å². The summed E-state index contributed by atoms with van der Waals surface area (Å²) in [5.74, 6) is 0.241. The van der Waals surface area contributed by atoms with Gasteiger partial charge in [0.1, 0.15) is 0 Å². The standard InChI is InChI=1S/C19H19N3O3/c1-3-9-21(13-16-6-4-5-15(10-16)12-20)14-17-7-8-19(25-2)18(11-17)22(23)24/h3-8,10-11H,1,9,13-14H2,2H3. The normalized spacial score (nSPS) is 10.3. The lowest BCUT2D eigenvalue weighted by Gasteiger charge is -2.21. The van der Waals surface area contributed by atoms with E-state index in [4.69, 9.17) is 10.00 Å². The van der Waals surface area contributed by atoms with E-state index < -0.39 is 4.92 Å². The van der Waals surface area contributed by atoms with Crippen molar-refractivity contribution in [2.24, 2.45) is 0 Å². The minimum atomic E-state index is -0.448. The van der Waals surface area contributed by atoms with Gasteiger partial charge in [-0.1, -0.05) is 24.3 Å². The number of nitro groups is 1. The van der Waals surface area contributed by atoms with E-state index in [0.29, 0.717) is 25.2 Å². The molecule has 0 spiro atoms. The first-order valence-electron chi connectivity index (χ1n) is 7.71. The summed E-state index contributed by atoms with van der Waals surface area (Å²) < 4.78 is 5.03. The van der Waals surface area contributed by atoms with Crippen molar-refractivity contribution in [3.05, 3.63) is 81.9 Å². The second kappa shape index (κ2) is 8.62. The second-order valence-corrected chi connectivity index (χ2v) is 5.53. The highest BCUT2D eigenvalue weighted by atomic mass is 16.6. The van der Waals surface area contributed by atoms with Crippen molar-refractivity contribution in [2.45, 2.75) is 13.1 Å². The van der Waals surface area contributed by atoms with Gasteiger partial charge in [-0.15, -0.1) is 6.58 Å². The van der Waals surface area contributed by atoms with Crippen molar-refractivity contribution in [1.29, 1.82) is 5.26 Å². The van der Waals surface area contributed by atoms with Gasteiger partial charge >= 0.3 is 5.69 Å². The zero-order chi connectivity index (χ0) is 18.2. The summed E-state index contributed by atoms with van der Waals surface area (Å²) in [4.78, 5) is 12.8. The molecule has 0 aliphatic carbocycles. The number of ether oxygens (including phenoxy) is 1. The van der Waals surface area contributed by atoms with Crippen molar-refractivity contribution >= 4 is 5.69 Å². The van der Waals surface area contributed by atoms with Crippen molar-refractivity contribution in [1.82, 2.24) is 4.90 Å². The summed E-state index contributed by atoms with van der Waals surface area (Å²) in [7, 11) is 1.41. The topological polar surface area (TPSA) is 79.4 Å². The van der Waals surface area contributed by atoms with Gasteiger partial charge in [0, 0.05) is 25.7 Å². The third-order valence-electron chi connectivity index (χ3n) is 3.70. The van der Waals surface area contributed by atoms with Gasteiger partial charge in [-0.3, -0.25) is 15.0 Å². The molecule has 0 N–H and O–H groups in total. The maximum absolute atomic E-state index is 11.2. The summed E-state index contributed by atoms with van der Waals surface area (Å²) in [5.41, 5.74) is 2.37. The molecule has 0 amide bonds. The quantitative estimate of drug-likeness (QED) is 0.417. The Morgan fingerprint density at radius 3 is 2.60 bits per heavy atom. The molecule has 0 saturated heterocycles. The van der Waals surface area contributed by atoms with E-state index >= 15 is 0 Å². The summed E-state index contributed by atoms with van der Waals surface area (Å²) >= 11 is 0. The Morgan fingerprint density at radius 2 is 2.00 bits per heavy atom. The van der Waals surface area contributed by atoms with Crippen LogP contribution in [0.25, 0.3) is 0 Å². The van der Waals surface area contributed by atoms with Crippen LogP contribution in [0, 0.1) is 21.4 Å². The van der Waals surface area contributed by atoms with Gasteiger partial charge in [-0.25, -0.2) is 0 Å². The molecule has 6 heteroatoms. The minimum absolute atomic E-state index is 0.0509. The maximum atomic E-state index is 11.2. The Labute approximate surface area is 146 Å². The molecular weight excluding hydrogens is 318 g/mol. The Morgan fingerprint density at radius 1 is 1.28 bits per heavy atom. The number of benzene rings is 2. The van der Waals surface area contributed by atoms with Gasteiger partial charge in [-0.2, -0.15) is 5.26 Å². The average Bonchev–Trinajstić information content (AvgIpc) is 2.62. The first kappa shape index (κ1) is 18.2. The number of nitrogens with zero attached hydrogens (tertiary/aromatic N) is 3. The van der Waals surface area contributed by atoms with E-state index in [1.165, 1.54) is 13.2 Å². The minimum Gasteiger partial charge on any atom is -0.490 e. The van der Waals surface area contributed by atoms with E-state index in [0.717, 1.165) is 11.1 Å². The van der Waals surface area contributed by atoms with E-state index in [1.807, 2.05) is 24.3 Å². The van der Waals surface area contributed by atoms with E-state index in [9.17, 15) is 10.1 Å². The average molecular weight is 337 g/mol. The molecule has 2 aromatic carbocycles. The number of nitriles is 1. The monoisotopic (exact) mass is 337 g/mol. The van der Waals surface area contributed by atoms with Crippen LogP contribution in [0.2, 0.25) is 0 Å². The van der Waals surface area contributed by atoms with Crippen molar-refractivity contribution in [2.75, 3.05) is 13.7 Å². The van der Waals surface area contributed by atoms with Gasteiger partial charge in [0.15, 0.2) is 5.75 Å². The predicted octanol–water partition coefficient (Wildman–Crippen LogP) is 3.66. The first-order chi connectivity index (χ1) is 12.1. The molecule has 0 aliphatic heterocycles. The smallest absolute Gasteiger partial charge is 0.311 e.